The summed E-state index contributed by atoms with van der Waals surface area (Å²) in [6, 6.07) is 6.91. The lowest BCUT2D eigenvalue weighted by Gasteiger charge is -2.32. The molecule has 1 aliphatic heterocycles. The predicted octanol–water partition coefficient (Wildman–Crippen LogP) is 2.96. The molecule has 1 unspecified atom stereocenters. The van der Waals surface area contributed by atoms with E-state index in [1.54, 1.807) is 0 Å². The van der Waals surface area contributed by atoms with E-state index in [1.807, 2.05) is 0 Å². The molecular weight excluding hydrogens is 292 g/mol. The van der Waals surface area contributed by atoms with Gasteiger partial charge in [-0.3, -0.25) is 0 Å². The van der Waals surface area contributed by atoms with E-state index in [9.17, 15) is 0 Å². The van der Waals surface area contributed by atoms with Crippen LogP contribution in [-0.4, -0.2) is 32.8 Å². The highest BCUT2D eigenvalue weighted by atomic mass is 79.9. The van der Waals surface area contributed by atoms with Crippen molar-refractivity contribution in [2.45, 2.75) is 19.9 Å². The fraction of sp³-hybridized carbons (Fsp3) is 0.571. The van der Waals surface area contributed by atoms with Crippen molar-refractivity contribution >= 4 is 21.6 Å². The molecule has 4 heteroatoms. The number of anilines is 1. The zero-order chi connectivity index (χ0) is 13.0. The Kier molecular flexibility index (Phi) is 5.03. The number of morpholine rings is 1. The Bertz CT molecular complexity index is 391. The third-order valence-electron chi connectivity index (χ3n) is 3.32. The predicted molar refractivity (Wildman–Crippen MR) is 79.3 cm³/mol. The maximum Gasteiger partial charge on any atom is 0.0642 e. The van der Waals surface area contributed by atoms with Gasteiger partial charge in [0.15, 0.2) is 0 Å². The highest BCUT2D eigenvalue weighted by molar-refractivity contribution is 9.10. The van der Waals surface area contributed by atoms with Crippen molar-refractivity contribution in [2.75, 3.05) is 37.7 Å². The molecule has 1 saturated heterocycles. The van der Waals surface area contributed by atoms with E-state index in [0.717, 1.165) is 37.3 Å². The number of rotatable bonds is 4. The third-order valence-corrected chi connectivity index (χ3v) is 3.81. The second kappa shape index (κ2) is 6.55. The fourth-order valence-electron chi connectivity index (χ4n) is 2.38. The van der Waals surface area contributed by atoms with Crippen LogP contribution in [-0.2, 0) is 4.74 Å². The van der Waals surface area contributed by atoms with Crippen LogP contribution in [0.25, 0.3) is 0 Å². The van der Waals surface area contributed by atoms with Crippen LogP contribution < -0.4 is 10.2 Å². The van der Waals surface area contributed by atoms with Gasteiger partial charge in [0.25, 0.3) is 0 Å². The summed E-state index contributed by atoms with van der Waals surface area (Å²) in [6.45, 7) is 8.95. The topological polar surface area (TPSA) is 24.5 Å². The first-order chi connectivity index (χ1) is 8.72. The summed E-state index contributed by atoms with van der Waals surface area (Å²) in [5.41, 5.74) is 2.68. The molecular formula is C14H21BrN2O. The molecule has 0 saturated carbocycles. The summed E-state index contributed by atoms with van der Waals surface area (Å²) in [7, 11) is 0. The van der Waals surface area contributed by atoms with Gasteiger partial charge in [0.05, 0.1) is 13.2 Å². The van der Waals surface area contributed by atoms with Gasteiger partial charge in [0.2, 0.25) is 0 Å². The molecule has 0 bridgehead atoms. The molecule has 0 spiro atoms. The Morgan fingerprint density at radius 1 is 1.39 bits per heavy atom. The Morgan fingerprint density at radius 3 is 2.78 bits per heavy atom. The number of nitrogens with zero attached hydrogens (tertiary/aromatic N) is 1. The van der Waals surface area contributed by atoms with E-state index < -0.39 is 0 Å². The zero-order valence-corrected chi connectivity index (χ0v) is 12.7. The van der Waals surface area contributed by atoms with Gasteiger partial charge in [0, 0.05) is 29.3 Å². The molecule has 1 heterocycles. The van der Waals surface area contributed by atoms with Crippen molar-refractivity contribution in [3.05, 3.63) is 28.2 Å². The van der Waals surface area contributed by atoms with E-state index >= 15 is 0 Å². The van der Waals surface area contributed by atoms with Gasteiger partial charge in [-0.1, -0.05) is 22.9 Å². The van der Waals surface area contributed by atoms with Crippen LogP contribution in [0.2, 0.25) is 0 Å². The number of nitrogens with one attached hydrogen (secondary N) is 1. The molecule has 100 valence electrons. The van der Waals surface area contributed by atoms with Crippen LogP contribution in [0.15, 0.2) is 22.7 Å². The Labute approximate surface area is 118 Å². The van der Waals surface area contributed by atoms with Crippen LogP contribution in [0, 0.1) is 0 Å². The molecule has 2 rings (SSSR count). The number of ether oxygens (including phenoxy) is 1. The molecule has 0 radical (unpaired) electrons. The Hall–Kier alpha value is -0.580. The minimum atomic E-state index is 0.366. The number of hydrogen-bond donors (Lipinski definition) is 1. The van der Waals surface area contributed by atoms with Gasteiger partial charge in [-0.25, -0.2) is 0 Å². The lowest BCUT2D eigenvalue weighted by atomic mass is 10.0. The van der Waals surface area contributed by atoms with E-state index in [-0.39, 0.29) is 0 Å². The SMILES string of the molecule is CCNC(C)c1cc(Br)ccc1N1CCOCC1. The summed E-state index contributed by atoms with van der Waals surface area (Å²) >= 11 is 3.57. The van der Waals surface area contributed by atoms with Crippen molar-refractivity contribution < 1.29 is 4.74 Å². The summed E-state index contributed by atoms with van der Waals surface area (Å²) in [5, 5.41) is 3.49. The molecule has 3 nitrogen and oxygen atoms in total. The van der Waals surface area contributed by atoms with Crippen LogP contribution in [0.4, 0.5) is 5.69 Å². The van der Waals surface area contributed by atoms with Crippen LogP contribution >= 0.6 is 15.9 Å². The van der Waals surface area contributed by atoms with Crippen molar-refractivity contribution in [2.24, 2.45) is 0 Å². The first-order valence-corrected chi connectivity index (χ1v) is 7.37. The molecule has 0 amide bonds. The summed E-state index contributed by atoms with van der Waals surface area (Å²) in [4.78, 5) is 2.42. The van der Waals surface area contributed by atoms with Gasteiger partial charge in [-0.2, -0.15) is 0 Å². The van der Waals surface area contributed by atoms with Crippen molar-refractivity contribution in [1.82, 2.24) is 5.32 Å². The smallest absolute Gasteiger partial charge is 0.0642 e. The van der Waals surface area contributed by atoms with Crippen LogP contribution in [0.1, 0.15) is 25.5 Å². The van der Waals surface area contributed by atoms with Gasteiger partial charge < -0.3 is 15.0 Å². The largest absolute Gasteiger partial charge is 0.378 e. The molecule has 1 atom stereocenters. The maximum atomic E-state index is 5.43. The van der Waals surface area contributed by atoms with Gasteiger partial charge in [-0.15, -0.1) is 0 Å². The standard InChI is InChI=1S/C14H21BrN2O/c1-3-16-11(2)13-10-12(15)4-5-14(13)17-6-8-18-9-7-17/h4-5,10-11,16H,3,6-9H2,1-2H3. The summed E-state index contributed by atoms with van der Waals surface area (Å²) in [5.74, 6) is 0. The fourth-order valence-corrected chi connectivity index (χ4v) is 2.76. The van der Waals surface area contributed by atoms with E-state index in [2.05, 4.69) is 58.2 Å². The molecule has 0 aromatic heterocycles. The van der Waals surface area contributed by atoms with E-state index in [4.69, 9.17) is 4.74 Å². The summed E-state index contributed by atoms with van der Waals surface area (Å²) in [6.07, 6.45) is 0. The zero-order valence-electron chi connectivity index (χ0n) is 11.1. The lowest BCUT2D eigenvalue weighted by molar-refractivity contribution is 0.122. The Balaban J connectivity index is 2.27. The number of halogens is 1. The van der Waals surface area contributed by atoms with Gasteiger partial charge in [0.1, 0.15) is 0 Å². The van der Waals surface area contributed by atoms with Crippen LogP contribution in [0.3, 0.4) is 0 Å². The van der Waals surface area contributed by atoms with Crippen molar-refractivity contribution in [1.29, 1.82) is 0 Å². The normalized spacial score (nSPS) is 17.8. The monoisotopic (exact) mass is 312 g/mol. The first-order valence-electron chi connectivity index (χ1n) is 6.58. The molecule has 1 aromatic carbocycles. The van der Waals surface area contributed by atoms with Crippen molar-refractivity contribution in [3.63, 3.8) is 0 Å². The van der Waals surface area contributed by atoms with E-state index in [0.29, 0.717) is 6.04 Å². The molecule has 0 aliphatic carbocycles. The first kappa shape index (κ1) is 13.8. The average Bonchev–Trinajstić information content (AvgIpc) is 2.40. The minimum Gasteiger partial charge on any atom is -0.378 e. The lowest BCUT2D eigenvalue weighted by Crippen LogP contribution is -2.37. The highest BCUT2D eigenvalue weighted by Gasteiger charge is 2.17. The second-order valence-corrected chi connectivity index (χ2v) is 5.50. The molecule has 1 N–H and O–H groups in total. The maximum absolute atomic E-state index is 5.43. The van der Waals surface area contributed by atoms with Crippen molar-refractivity contribution in [3.8, 4) is 0 Å². The molecule has 1 fully saturated rings. The molecule has 1 aromatic rings. The molecule has 18 heavy (non-hydrogen) atoms. The van der Waals surface area contributed by atoms with Crippen LogP contribution in [0.5, 0.6) is 0 Å². The quantitative estimate of drug-likeness (QED) is 0.925. The third kappa shape index (κ3) is 3.25. The van der Waals surface area contributed by atoms with Gasteiger partial charge >= 0.3 is 0 Å². The average molecular weight is 313 g/mol. The highest BCUT2D eigenvalue weighted by Crippen LogP contribution is 2.30. The Morgan fingerprint density at radius 2 is 2.11 bits per heavy atom. The van der Waals surface area contributed by atoms with Gasteiger partial charge in [-0.05, 0) is 37.2 Å². The number of hydrogen-bond acceptors (Lipinski definition) is 3. The van der Waals surface area contributed by atoms with E-state index in [1.165, 1.54) is 11.3 Å². The second-order valence-electron chi connectivity index (χ2n) is 4.58. The molecule has 1 aliphatic rings. The number of benzene rings is 1. The minimum absolute atomic E-state index is 0.366. The summed E-state index contributed by atoms with van der Waals surface area (Å²) < 4.78 is 6.56.